The summed E-state index contributed by atoms with van der Waals surface area (Å²) in [5, 5.41) is 3.46. The first-order valence-corrected chi connectivity index (χ1v) is 7.18. The van der Waals surface area contributed by atoms with Crippen molar-refractivity contribution in [2.75, 3.05) is 0 Å². The summed E-state index contributed by atoms with van der Waals surface area (Å²) in [6.07, 6.45) is 3.61. The molecule has 1 aliphatic rings. The Kier molecular flexibility index (Phi) is 2.82. The minimum Gasteiger partial charge on any atom is -0.246 e. The Morgan fingerprint density at radius 2 is 2.12 bits per heavy atom. The van der Waals surface area contributed by atoms with Crippen LogP contribution in [0.3, 0.4) is 0 Å². The van der Waals surface area contributed by atoms with Crippen molar-refractivity contribution >= 4 is 27.3 Å². The Hall–Kier alpha value is -0.670. The molecule has 0 unspecified atom stereocenters. The molecule has 3 rings (SSSR count). The van der Waals surface area contributed by atoms with Crippen LogP contribution in [0.1, 0.15) is 35.0 Å². The van der Waals surface area contributed by atoms with E-state index in [4.69, 9.17) is 4.98 Å². The van der Waals surface area contributed by atoms with Crippen LogP contribution in [0.2, 0.25) is 0 Å². The zero-order valence-corrected chi connectivity index (χ0v) is 11.2. The van der Waals surface area contributed by atoms with Gasteiger partial charge in [0, 0.05) is 22.2 Å². The van der Waals surface area contributed by atoms with Crippen molar-refractivity contribution in [3.63, 3.8) is 0 Å². The van der Waals surface area contributed by atoms with Crippen LogP contribution in [0.4, 0.5) is 0 Å². The zero-order chi connectivity index (χ0) is 11.0. The lowest BCUT2D eigenvalue weighted by atomic mass is 10.2. The predicted molar refractivity (Wildman–Crippen MR) is 71.0 cm³/mol. The highest BCUT2D eigenvalue weighted by molar-refractivity contribution is 9.10. The molecule has 0 saturated heterocycles. The van der Waals surface area contributed by atoms with Gasteiger partial charge in [-0.25, -0.2) is 4.98 Å². The minimum atomic E-state index is 0.768. The summed E-state index contributed by atoms with van der Waals surface area (Å²) in [5.74, 6) is 0.768. The van der Waals surface area contributed by atoms with Gasteiger partial charge in [0.15, 0.2) is 0 Å². The van der Waals surface area contributed by atoms with Gasteiger partial charge in [0.1, 0.15) is 0 Å². The molecule has 0 bridgehead atoms. The highest BCUT2D eigenvalue weighted by Crippen LogP contribution is 2.40. The summed E-state index contributed by atoms with van der Waals surface area (Å²) in [7, 11) is 0. The number of nitrogens with zero attached hydrogens (tertiary/aromatic N) is 1. The number of rotatable bonds is 3. The average molecular weight is 294 g/mol. The number of aromatic nitrogens is 1. The van der Waals surface area contributed by atoms with Gasteiger partial charge in [-0.2, -0.15) is 0 Å². The van der Waals surface area contributed by atoms with Crippen LogP contribution < -0.4 is 0 Å². The molecule has 0 aliphatic heterocycles. The van der Waals surface area contributed by atoms with Crippen molar-refractivity contribution in [1.82, 2.24) is 4.98 Å². The fourth-order valence-corrected chi connectivity index (χ4v) is 3.10. The van der Waals surface area contributed by atoms with Crippen LogP contribution in [0, 0.1) is 0 Å². The van der Waals surface area contributed by atoms with E-state index in [-0.39, 0.29) is 0 Å². The SMILES string of the molecule is Brc1ccccc1Cc1nc(C2CC2)cs1. The molecule has 2 aromatic rings. The zero-order valence-electron chi connectivity index (χ0n) is 8.82. The molecule has 0 amide bonds. The molecule has 0 N–H and O–H groups in total. The van der Waals surface area contributed by atoms with Crippen molar-refractivity contribution in [2.24, 2.45) is 0 Å². The Morgan fingerprint density at radius 3 is 2.88 bits per heavy atom. The standard InChI is InChI=1S/C13H12BrNS/c14-11-4-2-1-3-10(11)7-13-15-12(8-16-13)9-5-6-9/h1-4,8-9H,5-7H2. The third kappa shape index (κ3) is 2.20. The Bertz CT molecular complexity index is 502. The van der Waals surface area contributed by atoms with Crippen LogP contribution in [0.25, 0.3) is 0 Å². The molecule has 82 valence electrons. The van der Waals surface area contributed by atoms with E-state index in [1.54, 1.807) is 11.3 Å². The normalized spacial score (nSPS) is 15.3. The van der Waals surface area contributed by atoms with Crippen LogP contribution in [-0.4, -0.2) is 4.98 Å². The predicted octanol–water partition coefficient (Wildman–Crippen LogP) is 4.37. The first-order chi connectivity index (χ1) is 7.83. The minimum absolute atomic E-state index is 0.768. The van der Waals surface area contributed by atoms with E-state index in [0.29, 0.717) is 0 Å². The van der Waals surface area contributed by atoms with E-state index >= 15 is 0 Å². The summed E-state index contributed by atoms with van der Waals surface area (Å²) < 4.78 is 1.18. The van der Waals surface area contributed by atoms with E-state index in [9.17, 15) is 0 Å². The molecule has 1 heterocycles. The summed E-state index contributed by atoms with van der Waals surface area (Å²) in [5.41, 5.74) is 2.63. The van der Waals surface area contributed by atoms with Crippen molar-refractivity contribution in [3.05, 3.63) is 50.4 Å². The fourth-order valence-electron chi connectivity index (χ4n) is 1.78. The second-order valence-electron chi connectivity index (χ2n) is 4.21. The van der Waals surface area contributed by atoms with Crippen LogP contribution in [0.5, 0.6) is 0 Å². The highest BCUT2D eigenvalue weighted by atomic mass is 79.9. The van der Waals surface area contributed by atoms with Gasteiger partial charge >= 0.3 is 0 Å². The second-order valence-corrected chi connectivity index (χ2v) is 6.01. The molecule has 0 spiro atoms. The number of thiazole rings is 1. The fraction of sp³-hybridized carbons (Fsp3) is 0.308. The molecule has 16 heavy (non-hydrogen) atoms. The van der Waals surface area contributed by atoms with Gasteiger partial charge < -0.3 is 0 Å². The van der Waals surface area contributed by atoms with Gasteiger partial charge in [-0.3, -0.25) is 0 Å². The summed E-state index contributed by atoms with van der Waals surface area (Å²) >= 11 is 5.37. The number of benzene rings is 1. The van der Waals surface area contributed by atoms with Crippen molar-refractivity contribution < 1.29 is 0 Å². The maximum atomic E-state index is 4.71. The topological polar surface area (TPSA) is 12.9 Å². The van der Waals surface area contributed by atoms with E-state index in [1.807, 2.05) is 6.07 Å². The van der Waals surface area contributed by atoms with E-state index in [1.165, 1.54) is 33.6 Å². The molecule has 1 nitrogen and oxygen atoms in total. The molecule has 1 aliphatic carbocycles. The Labute approximate surface area is 108 Å². The second kappa shape index (κ2) is 4.30. The number of halogens is 1. The van der Waals surface area contributed by atoms with Gasteiger partial charge in [-0.1, -0.05) is 34.1 Å². The monoisotopic (exact) mass is 293 g/mol. The molecule has 1 aromatic heterocycles. The first kappa shape index (κ1) is 10.5. The lowest BCUT2D eigenvalue weighted by Crippen LogP contribution is -1.89. The smallest absolute Gasteiger partial charge is 0.0972 e. The van der Waals surface area contributed by atoms with Crippen LogP contribution in [-0.2, 0) is 6.42 Å². The molecule has 3 heteroatoms. The van der Waals surface area contributed by atoms with Gasteiger partial charge in [-0.15, -0.1) is 11.3 Å². The summed E-state index contributed by atoms with van der Waals surface area (Å²) in [6.45, 7) is 0. The first-order valence-electron chi connectivity index (χ1n) is 5.50. The lowest BCUT2D eigenvalue weighted by Gasteiger charge is -2.00. The van der Waals surface area contributed by atoms with Gasteiger partial charge in [0.25, 0.3) is 0 Å². The molecule has 1 saturated carbocycles. The molecule has 0 radical (unpaired) electrons. The largest absolute Gasteiger partial charge is 0.246 e. The van der Waals surface area contributed by atoms with Gasteiger partial charge in [-0.05, 0) is 24.5 Å². The van der Waals surface area contributed by atoms with Crippen molar-refractivity contribution in [2.45, 2.75) is 25.2 Å². The molecule has 1 aromatic carbocycles. The Morgan fingerprint density at radius 1 is 1.31 bits per heavy atom. The highest BCUT2D eigenvalue weighted by Gasteiger charge is 2.25. The van der Waals surface area contributed by atoms with E-state index in [0.717, 1.165) is 12.3 Å². The summed E-state index contributed by atoms with van der Waals surface area (Å²) in [6, 6.07) is 8.37. The Balaban J connectivity index is 1.80. The van der Waals surface area contributed by atoms with E-state index in [2.05, 4.69) is 39.5 Å². The van der Waals surface area contributed by atoms with Crippen LogP contribution >= 0.6 is 27.3 Å². The van der Waals surface area contributed by atoms with Gasteiger partial charge in [0.2, 0.25) is 0 Å². The van der Waals surface area contributed by atoms with E-state index < -0.39 is 0 Å². The molecular weight excluding hydrogens is 282 g/mol. The third-order valence-electron chi connectivity index (χ3n) is 2.86. The van der Waals surface area contributed by atoms with Crippen molar-refractivity contribution in [3.8, 4) is 0 Å². The number of hydrogen-bond acceptors (Lipinski definition) is 2. The lowest BCUT2D eigenvalue weighted by molar-refractivity contribution is 1.01. The van der Waals surface area contributed by atoms with Gasteiger partial charge in [0.05, 0.1) is 10.7 Å². The quantitative estimate of drug-likeness (QED) is 0.819. The molecular formula is C13H12BrNS. The average Bonchev–Trinajstić information content (AvgIpc) is 3.03. The van der Waals surface area contributed by atoms with Crippen molar-refractivity contribution in [1.29, 1.82) is 0 Å². The molecule has 0 atom stereocenters. The van der Waals surface area contributed by atoms with Crippen LogP contribution in [0.15, 0.2) is 34.1 Å². The third-order valence-corrected chi connectivity index (χ3v) is 4.51. The number of hydrogen-bond donors (Lipinski definition) is 0. The summed E-state index contributed by atoms with van der Waals surface area (Å²) in [4.78, 5) is 4.71. The maximum Gasteiger partial charge on any atom is 0.0972 e. The molecule has 1 fully saturated rings. The maximum absolute atomic E-state index is 4.71.